The highest BCUT2D eigenvalue weighted by Gasteiger charge is 2.10. The summed E-state index contributed by atoms with van der Waals surface area (Å²) in [6, 6.07) is 5.32. The molecular weight excluding hydrogens is 322 g/mol. The Hall–Kier alpha value is -3.23. The molecule has 0 radical (unpaired) electrons. The molecule has 9 heteroatoms. The number of aryl methyl sites for hydroxylation is 3. The zero-order valence-electron chi connectivity index (χ0n) is 14.3. The van der Waals surface area contributed by atoms with Gasteiger partial charge >= 0.3 is 0 Å². The van der Waals surface area contributed by atoms with E-state index in [0.29, 0.717) is 30.5 Å². The summed E-state index contributed by atoms with van der Waals surface area (Å²) in [6.07, 6.45) is 1.43. The number of aromatic nitrogens is 5. The van der Waals surface area contributed by atoms with Crippen LogP contribution in [0.15, 0.2) is 28.9 Å². The number of nitrogens with zero attached hydrogens (tertiary/aromatic N) is 5. The summed E-state index contributed by atoms with van der Waals surface area (Å²) in [7, 11) is 0. The van der Waals surface area contributed by atoms with Crippen molar-refractivity contribution in [1.29, 1.82) is 0 Å². The number of nitrogens with one attached hydrogen (secondary N) is 2. The van der Waals surface area contributed by atoms with Gasteiger partial charge in [0.25, 0.3) is 5.91 Å². The molecule has 3 aromatic rings. The molecule has 3 heterocycles. The number of hydrogen-bond acceptors (Lipinski definition) is 7. The van der Waals surface area contributed by atoms with Crippen LogP contribution in [0.5, 0.6) is 0 Å². The van der Waals surface area contributed by atoms with E-state index in [9.17, 15) is 4.79 Å². The fourth-order valence-corrected chi connectivity index (χ4v) is 2.40. The normalized spacial score (nSPS) is 10.7. The Balaban J connectivity index is 1.61. The molecule has 2 N–H and O–H groups in total. The van der Waals surface area contributed by atoms with E-state index in [2.05, 4.69) is 30.9 Å². The van der Waals surface area contributed by atoms with Gasteiger partial charge in [-0.15, -0.1) is 0 Å². The van der Waals surface area contributed by atoms with Crippen LogP contribution in [-0.4, -0.2) is 43.9 Å². The van der Waals surface area contributed by atoms with Crippen LogP contribution in [0.1, 0.15) is 27.8 Å². The van der Waals surface area contributed by atoms with Crippen molar-refractivity contribution >= 4 is 11.7 Å². The summed E-state index contributed by atoms with van der Waals surface area (Å²) in [5.41, 5.74) is 1.93. The molecule has 0 fully saturated rings. The van der Waals surface area contributed by atoms with Crippen LogP contribution in [0.4, 0.5) is 5.82 Å². The molecule has 0 bridgehead atoms. The Labute approximate surface area is 144 Å². The van der Waals surface area contributed by atoms with Crippen molar-refractivity contribution in [3.8, 4) is 5.82 Å². The number of amides is 1. The molecule has 0 aliphatic rings. The summed E-state index contributed by atoms with van der Waals surface area (Å²) in [6.45, 7) is 6.66. The van der Waals surface area contributed by atoms with Gasteiger partial charge in [0.2, 0.25) is 5.76 Å². The Kier molecular flexibility index (Phi) is 4.73. The number of anilines is 1. The predicted octanol–water partition coefficient (Wildman–Crippen LogP) is 1.42. The average molecular weight is 341 g/mol. The van der Waals surface area contributed by atoms with E-state index < -0.39 is 0 Å². The largest absolute Gasteiger partial charge is 0.368 e. The Morgan fingerprint density at radius 2 is 2.04 bits per heavy atom. The minimum absolute atomic E-state index is 0.185. The van der Waals surface area contributed by atoms with Gasteiger partial charge in [-0.3, -0.25) is 4.79 Å². The van der Waals surface area contributed by atoms with Crippen LogP contribution in [0.2, 0.25) is 0 Å². The van der Waals surface area contributed by atoms with Crippen LogP contribution in [0.3, 0.4) is 0 Å². The van der Waals surface area contributed by atoms with Crippen LogP contribution in [0.25, 0.3) is 5.82 Å². The maximum Gasteiger partial charge on any atom is 0.289 e. The monoisotopic (exact) mass is 341 g/mol. The molecule has 130 valence electrons. The third-order valence-corrected chi connectivity index (χ3v) is 3.43. The third kappa shape index (κ3) is 4.00. The summed E-state index contributed by atoms with van der Waals surface area (Å²) >= 11 is 0. The fourth-order valence-electron chi connectivity index (χ4n) is 2.40. The zero-order valence-corrected chi connectivity index (χ0v) is 14.3. The van der Waals surface area contributed by atoms with E-state index in [4.69, 9.17) is 4.52 Å². The van der Waals surface area contributed by atoms with Gasteiger partial charge in [0.15, 0.2) is 5.82 Å². The first-order valence-electron chi connectivity index (χ1n) is 7.85. The second kappa shape index (κ2) is 7.12. The van der Waals surface area contributed by atoms with Crippen molar-refractivity contribution in [3.63, 3.8) is 0 Å². The maximum absolute atomic E-state index is 11.7. The van der Waals surface area contributed by atoms with E-state index in [-0.39, 0.29) is 11.7 Å². The molecule has 0 spiro atoms. The van der Waals surface area contributed by atoms with Gasteiger partial charge < -0.3 is 15.2 Å². The zero-order chi connectivity index (χ0) is 17.8. The molecule has 0 aliphatic carbocycles. The van der Waals surface area contributed by atoms with Crippen LogP contribution >= 0.6 is 0 Å². The van der Waals surface area contributed by atoms with Gasteiger partial charge in [-0.25, -0.2) is 14.6 Å². The molecule has 1 amide bonds. The molecule has 0 aromatic carbocycles. The second-order valence-electron chi connectivity index (χ2n) is 5.56. The van der Waals surface area contributed by atoms with Crippen molar-refractivity contribution in [2.24, 2.45) is 0 Å². The second-order valence-corrected chi connectivity index (χ2v) is 5.56. The molecule has 0 saturated heterocycles. The molecule has 0 atom stereocenters. The minimum Gasteiger partial charge on any atom is -0.368 e. The van der Waals surface area contributed by atoms with Gasteiger partial charge in [-0.05, 0) is 26.8 Å². The van der Waals surface area contributed by atoms with E-state index in [1.54, 1.807) is 4.68 Å². The lowest BCUT2D eigenvalue weighted by Crippen LogP contribution is -2.28. The van der Waals surface area contributed by atoms with Crippen molar-refractivity contribution in [2.45, 2.75) is 20.8 Å². The molecule has 0 aliphatic heterocycles. The molecule has 3 aromatic heterocycles. The van der Waals surface area contributed by atoms with E-state index in [1.165, 1.54) is 12.3 Å². The van der Waals surface area contributed by atoms with E-state index in [0.717, 1.165) is 11.4 Å². The summed E-state index contributed by atoms with van der Waals surface area (Å²) < 4.78 is 6.57. The van der Waals surface area contributed by atoms with Gasteiger partial charge in [0, 0.05) is 30.9 Å². The number of carbonyl (C=O) groups excluding carboxylic acids is 1. The smallest absolute Gasteiger partial charge is 0.289 e. The fraction of sp³-hybridized carbons (Fsp3) is 0.312. The molecule has 9 nitrogen and oxygen atoms in total. The van der Waals surface area contributed by atoms with Gasteiger partial charge in [0.05, 0.1) is 11.9 Å². The van der Waals surface area contributed by atoms with E-state index in [1.807, 2.05) is 32.9 Å². The first kappa shape index (κ1) is 16.6. The Bertz CT molecular complexity index is 871. The quantitative estimate of drug-likeness (QED) is 0.652. The van der Waals surface area contributed by atoms with Gasteiger partial charge in [-0.2, -0.15) is 5.10 Å². The van der Waals surface area contributed by atoms with E-state index >= 15 is 0 Å². The van der Waals surface area contributed by atoms with Gasteiger partial charge in [-0.1, -0.05) is 5.16 Å². The first-order valence-corrected chi connectivity index (χ1v) is 7.85. The summed E-state index contributed by atoms with van der Waals surface area (Å²) in [5, 5.41) is 13.8. The lowest BCUT2D eigenvalue weighted by atomic mass is 10.4. The number of carbonyl (C=O) groups is 1. The lowest BCUT2D eigenvalue weighted by molar-refractivity contribution is 0.0918. The van der Waals surface area contributed by atoms with Crippen molar-refractivity contribution in [2.75, 3.05) is 18.4 Å². The van der Waals surface area contributed by atoms with Gasteiger partial charge in [0.1, 0.15) is 11.6 Å². The van der Waals surface area contributed by atoms with Crippen LogP contribution in [-0.2, 0) is 0 Å². The SMILES string of the molecule is Cc1cc(C)n(-c2cc(NCCNC(=O)c3ccno3)nc(C)n2)n1. The molecule has 25 heavy (non-hydrogen) atoms. The Morgan fingerprint density at radius 3 is 2.72 bits per heavy atom. The van der Waals surface area contributed by atoms with Crippen LogP contribution < -0.4 is 10.6 Å². The summed E-state index contributed by atoms with van der Waals surface area (Å²) in [4.78, 5) is 20.5. The third-order valence-electron chi connectivity index (χ3n) is 3.43. The molecule has 0 unspecified atom stereocenters. The standard InChI is InChI=1S/C16H19N7O2/c1-10-8-11(2)23(22-10)15-9-14(20-12(3)21-15)17-6-7-18-16(24)13-4-5-19-25-13/h4-5,8-9H,6-7H2,1-3H3,(H,18,24)(H,17,20,21). The summed E-state index contributed by atoms with van der Waals surface area (Å²) in [5.74, 6) is 1.89. The van der Waals surface area contributed by atoms with Crippen molar-refractivity contribution < 1.29 is 9.32 Å². The highest BCUT2D eigenvalue weighted by atomic mass is 16.5. The van der Waals surface area contributed by atoms with Crippen molar-refractivity contribution in [1.82, 2.24) is 30.2 Å². The molecule has 0 saturated carbocycles. The predicted molar refractivity (Wildman–Crippen MR) is 90.7 cm³/mol. The number of rotatable bonds is 6. The molecule has 3 rings (SSSR count). The maximum atomic E-state index is 11.7. The molecular formula is C16H19N7O2. The average Bonchev–Trinajstić information content (AvgIpc) is 3.20. The highest BCUT2D eigenvalue weighted by molar-refractivity contribution is 5.91. The number of hydrogen-bond donors (Lipinski definition) is 2. The Morgan fingerprint density at radius 1 is 1.20 bits per heavy atom. The topological polar surface area (TPSA) is 111 Å². The lowest BCUT2D eigenvalue weighted by Gasteiger charge is -2.10. The van der Waals surface area contributed by atoms with Crippen LogP contribution in [0, 0.1) is 20.8 Å². The first-order chi connectivity index (χ1) is 12.0. The minimum atomic E-state index is -0.304. The highest BCUT2D eigenvalue weighted by Crippen LogP contribution is 2.13. The van der Waals surface area contributed by atoms with Crippen molar-refractivity contribution in [3.05, 3.63) is 47.4 Å².